The number of carbonyl (C=O) groups is 1. The monoisotopic (exact) mass is 401 g/mol. The fourth-order valence-electron chi connectivity index (χ4n) is 2.17. The number of hydrogen-bond acceptors (Lipinski definition) is 8. The van der Waals surface area contributed by atoms with Crippen molar-refractivity contribution < 1.29 is 34.7 Å². The Balaban J connectivity index is 2.72. The Morgan fingerprint density at radius 3 is 2.00 bits per heavy atom. The average molecular weight is 402 g/mol. The first-order valence-corrected chi connectivity index (χ1v) is 11.4. The van der Waals surface area contributed by atoms with E-state index in [0.29, 0.717) is 19.3 Å². The number of nitrogens with one attached hydrogen (secondary N) is 1. The van der Waals surface area contributed by atoms with E-state index >= 15 is 0 Å². The number of hydrogen-bond donors (Lipinski definition) is 1. The summed E-state index contributed by atoms with van der Waals surface area (Å²) in [6.45, 7) is 4.83. The van der Waals surface area contributed by atoms with Gasteiger partial charge in [0.2, 0.25) is 0 Å². The lowest BCUT2D eigenvalue weighted by molar-refractivity contribution is 0.0471. The second kappa shape index (κ2) is 7.77. The summed E-state index contributed by atoms with van der Waals surface area (Å²) in [5, 5.41) is 2.58. The molecule has 0 aromatic rings. The summed E-state index contributed by atoms with van der Waals surface area (Å²) in [6, 6.07) is -0.657. The van der Waals surface area contributed by atoms with Gasteiger partial charge in [-0.25, -0.2) is 4.79 Å². The van der Waals surface area contributed by atoms with Crippen LogP contribution in [0.5, 0.6) is 0 Å². The molecule has 1 atom stereocenters. The Labute approximate surface area is 149 Å². The van der Waals surface area contributed by atoms with Gasteiger partial charge in [0.1, 0.15) is 5.60 Å². The van der Waals surface area contributed by atoms with Crippen LogP contribution in [0.15, 0.2) is 0 Å². The van der Waals surface area contributed by atoms with Crippen molar-refractivity contribution in [3.05, 3.63) is 0 Å². The van der Waals surface area contributed by atoms with Gasteiger partial charge in [-0.15, -0.1) is 0 Å². The smallest absolute Gasteiger partial charge is 0.407 e. The van der Waals surface area contributed by atoms with E-state index in [1.165, 1.54) is 0 Å². The highest BCUT2D eigenvalue weighted by Gasteiger charge is 2.46. The molecule has 1 saturated carbocycles. The molecule has 0 saturated heterocycles. The van der Waals surface area contributed by atoms with Crippen LogP contribution >= 0.6 is 0 Å². The molecule has 0 bridgehead atoms. The maximum Gasteiger partial charge on any atom is 0.407 e. The van der Waals surface area contributed by atoms with Crippen molar-refractivity contribution in [2.24, 2.45) is 5.41 Å². The minimum absolute atomic E-state index is 0.0167. The van der Waals surface area contributed by atoms with Gasteiger partial charge < -0.3 is 10.1 Å². The largest absolute Gasteiger partial charge is 0.444 e. The summed E-state index contributed by atoms with van der Waals surface area (Å²) in [7, 11) is -7.25. The Morgan fingerprint density at radius 1 is 1.08 bits per heavy atom. The predicted molar refractivity (Wildman–Crippen MR) is 91.0 cm³/mol. The summed E-state index contributed by atoms with van der Waals surface area (Å²) in [4.78, 5) is 12.0. The van der Waals surface area contributed by atoms with Crippen LogP contribution in [0.1, 0.15) is 40.0 Å². The molecule has 1 rings (SSSR count). The van der Waals surface area contributed by atoms with Gasteiger partial charge in [0, 0.05) is 0 Å². The molecule has 1 fully saturated rings. The van der Waals surface area contributed by atoms with E-state index in [1.807, 2.05) is 0 Å². The molecular weight excluding hydrogens is 374 g/mol. The van der Waals surface area contributed by atoms with Gasteiger partial charge in [0.15, 0.2) is 0 Å². The SMILES string of the molecule is CC(C)(C)OC(=O)N[C@H](COS(C)(=O)=O)CC1(COS(C)(=O)=O)CC1. The zero-order valence-electron chi connectivity index (χ0n) is 15.2. The van der Waals surface area contributed by atoms with Gasteiger partial charge >= 0.3 is 6.09 Å². The quantitative estimate of drug-likeness (QED) is 0.567. The molecule has 0 aliphatic heterocycles. The van der Waals surface area contributed by atoms with Crippen LogP contribution in [-0.2, 0) is 33.3 Å². The Kier molecular flexibility index (Phi) is 6.87. The molecule has 1 N–H and O–H groups in total. The normalized spacial score (nSPS) is 18.4. The zero-order valence-corrected chi connectivity index (χ0v) is 16.8. The maximum absolute atomic E-state index is 12.0. The molecule has 1 amide bonds. The Morgan fingerprint density at radius 2 is 1.60 bits per heavy atom. The predicted octanol–water partition coefficient (Wildman–Crippen LogP) is 1.00. The first-order chi connectivity index (χ1) is 11.1. The highest BCUT2D eigenvalue weighted by atomic mass is 32.2. The summed E-state index contributed by atoms with van der Waals surface area (Å²) in [6.07, 6.45) is 2.93. The lowest BCUT2D eigenvalue weighted by atomic mass is 9.98. The van der Waals surface area contributed by atoms with E-state index in [9.17, 15) is 21.6 Å². The van der Waals surface area contributed by atoms with Gasteiger partial charge in [-0.2, -0.15) is 16.8 Å². The van der Waals surface area contributed by atoms with Crippen LogP contribution in [0.4, 0.5) is 4.79 Å². The van der Waals surface area contributed by atoms with Crippen LogP contribution in [-0.4, -0.2) is 60.3 Å². The number of carbonyl (C=O) groups excluding carboxylic acids is 1. The van der Waals surface area contributed by atoms with Crippen LogP contribution in [0.3, 0.4) is 0 Å². The highest BCUT2D eigenvalue weighted by Crippen LogP contribution is 2.50. The van der Waals surface area contributed by atoms with Gasteiger partial charge in [-0.1, -0.05) is 0 Å². The summed E-state index contributed by atoms with van der Waals surface area (Å²) < 4.78 is 59.6. The highest BCUT2D eigenvalue weighted by molar-refractivity contribution is 7.86. The van der Waals surface area contributed by atoms with E-state index in [0.717, 1.165) is 12.5 Å². The van der Waals surface area contributed by atoms with Crippen molar-refractivity contribution in [3.8, 4) is 0 Å². The summed E-state index contributed by atoms with van der Waals surface area (Å²) in [5.74, 6) is 0. The summed E-state index contributed by atoms with van der Waals surface area (Å²) >= 11 is 0. The fraction of sp³-hybridized carbons (Fsp3) is 0.929. The van der Waals surface area contributed by atoms with Crippen molar-refractivity contribution in [1.82, 2.24) is 5.32 Å². The molecule has 0 aromatic carbocycles. The van der Waals surface area contributed by atoms with Crippen molar-refractivity contribution in [2.45, 2.75) is 51.7 Å². The van der Waals surface area contributed by atoms with Crippen LogP contribution < -0.4 is 5.32 Å². The second-order valence-corrected chi connectivity index (χ2v) is 10.8. The standard InChI is InChI=1S/C14H27NO8S2/c1-13(2,3)23-12(16)15-11(9-21-24(4,17)18)8-14(6-7-14)10-22-25(5,19)20/h11H,6-10H2,1-5H3,(H,15,16)/t11-/m0/s1. The Bertz CT molecular complexity index is 674. The van der Waals surface area contributed by atoms with E-state index in [1.54, 1.807) is 20.8 Å². The third-order valence-electron chi connectivity index (χ3n) is 3.42. The Hall–Kier alpha value is -0.910. The molecule has 0 aromatic heterocycles. The average Bonchev–Trinajstić information content (AvgIpc) is 3.10. The van der Waals surface area contributed by atoms with E-state index in [-0.39, 0.29) is 13.2 Å². The first-order valence-electron chi connectivity index (χ1n) is 7.78. The zero-order chi connectivity index (χ0) is 19.5. The topological polar surface area (TPSA) is 125 Å². The second-order valence-electron chi connectivity index (χ2n) is 7.50. The first kappa shape index (κ1) is 22.1. The van der Waals surface area contributed by atoms with Crippen LogP contribution in [0, 0.1) is 5.41 Å². The van der Waals surface area contributed by atoms with Crippen molar-refractivity contribution in [1.29, 1.82) is 0 Å². The molecule has 0 spiro atoms. The van der Waals surface area contributed by atoms with E-state index in [2.05, 4.69) is 5.32 Å². The molecule has 11 heteroatoms. The summed E-state index contributed by atoms with van der Waals surface area (Å²) in [5.41, 5.74) is -1.13. The van der Waals surface area contributed by atoms with Gasteiger partial charge in [0.25, 0.3) is 20.2 Å². The van der Waals surface area contributed by atoms with Crippen molar-refractivity contribution in [2.75, 3.05) is 25.7 Å². The number of alkyl carbamates (subject to hydrolysis) is 1. The molecule has 9 nitrogen and oxygen atoms in total. The lowest BCUT2D eigenvalue weighted by Crippen LogP contribution is -2.43. The van der Waals surface area contributed by atoms with E-state index in [4.69, 9.17) is 13.1 Å². The minimum Gasteiger partial charge on any atom is -0.444 e. The van der Waals surface area contributed by atoms with Gasteiger partial charge in [0.05, 0.1) is 31.8 Å². The third kappa shape index (κ3) is 10.6. The molecule has 1 aliphatic rings. The third-order valence-corrected chi connectivity index (χ3v) is 4.53. The lowest BCUT2D eigenvalue weighted by Gasteiger charge is -2.26. The molecular formula is C14H27NO8S2. The fourth-order valence-corrected chi connectivity index (χ4v) is 3.05. The van der Waals surface area contributed by atoms with Crippen LogP contribution in [0.2, 0.25) is 0 Å². The van der Waals surface area contributed by atoms with Crippen molar-refractivity contribution >= 4 is 26.3 Å². The van der Waals surface area contributed by atoms with Crippen LogP contribution in [0.25, 0.3) is 0 Å². The van der Waals surface area contributed by atoms with Gasteiger partial charge in [-0.3, -0.25) is 8.37 Å². The maximum atomic E-state index is 12.0. The number of rotatable bonds is 9. The molecule has 1 aliphatic carbocycles. The molecule has 148 valence electrons. The molecule has 0 heterocycles. The molecule has 0 radical (unpaired) electrons. The number of amides is 1. The molecule has 25 heavy (non-hydrogen) atoms. The van der Waals surface area contributed by atoms with Gasteiger partial charge in [-0.05, 0) is 45.4 Å². The minimum atomic E-state index is -3.68. The van der Waals surface area contributed by atoms with Crippen molar-refractivity contribution in [3.63, 3.8) is 0 Å². The molecule has 0 unspecified atom stereocenters. The van der Waals surface area contributed by atoms with E-state index < -0.39 is 43.4 Å². The number of ether oxygens (including phenoxy) is 1.